The standard InChI is InChI=1S/C17H15N3O3/c1-11-8-9-14(23-2)13(10-11)20-16(17(21)22)18-15(19-20)12-6-4-3-5-7-12/h3-10H,1-2H3,(H,21,22). The minimum atomic E-state index is -1.15. The Morgan fingerprint density at radius 3 is 2.57 bits per heavy atom. The van der Waals surface area contributed by atoms with Crippen molar-refractivity contribution >= 4 is 5.97 Å². The van der Waals surface area contributed by atoms with Crippen molar-refractivity contribution in [3.63, 3.8) is 0 Å². The van der Waals surface area contributed by atoms with Gasteiger partial charge in [0.1, 0.15) is 11.4 Å². The smallest absolute Gasteiger partial charge is 0.374 e. The summed E-state index contributed by atoms with van der Waals surface area (Å²) < 4.78 is 6.62. The Hall–Kier alpha value is -3.15. The zero-order chi connectivity index (χ0) is 16.4. The van der Waals surface area contributed by atoms with E-state index in [1.165, 1.54) is 11.8 Å². The molecule has 0 saturated heterocycles. The molecular formula is C17H15N3O3. The first-order valence-electron chi connectivity index (χ1n) is 7.01. The van der Waals surface area contributed by atoms with E-state index < -0.39 is 5.97 Å². The summed E-state index contributed by atoms with van der Waals surface area (Å²) in [6.45, 7) is 1.92. The van der Waals surface area contributed by atoms with E-state index in [0.29, 0.717) is 17.3 Å². The van der Waals surface area contributed by atoms with Gasteiger partial charge in [-0.2, -0.15) is 0 Å². The number of carboxylic acid groups (broad SMARTS) is 1. The van der Waals surface area contributed by atoms with Crippen LogP contribution < -0.4 is 4.74 Å². The number of carbonyl (C=O) groups is 1. The lowest BCUT2D eigenvalue weighted by Gasteiger charge is -2.10. The lowest BCUT2D eigenvalue weighted by atomic mass is 10.2. The van der Waals surface area contributed by atoms with Gasteiger partial charge in [0.05, 0.1) is 7.11 Å². The van der Waals surface area contributed by atoms with Crippen LogP contribution in [0.25, 0.3) is 17.1 Å². The van der Waals surface area contributed by atoms with Crippen LogP contribution in [0.2, 0.25) is 0 Å². The molecule has 1 heterocycles. The predicted molar refractivity (Wildman–Crippen MR) is 85.0 cm³/mol. The highest BCUT2D eigenvalue weighted by Gasteiger charge is 2.21. The first-order chi connectivity index (χ1) is 11.1. The van der Waals surface area contributed by atoms with Crippen LogP contribution in [0.15, 0.2) is 48.5 Å². The third kappa shape index (κ3) is 2.78. The lowest BCUT2D eigenvalue weighted by molar-refractivity contribution is 0.0680. The van der Waals surface area contributed by atoms with Gasteiger partial charge >= 0.3 is 5.97 Å². The summed E-state index contributed by atoms with van der Waals surface area (Å²) in [7, 11) is 1.53. The van der Waals surface area contributed by atoms with E-state index in [1.807, 2.05) is 49.4 Å². The van der Waals surface area contributed by atoms with E-state index in [1.54, 1.807) is 6.07 Å². The van der Waals surface area contributed by atoms with Crippen molar-refractivity contribution in [2.24, 2.45) is 0 Å². The molecule has 0 spiro atoms. The number of carboxylic acids is 1. The van der Waals surface area contributed by atoms with Gasteiger partial charge in [0.2, 0.25) is 5.82 Å². The zero-order valence-electron chi connectivity index (χ0n) is 12.7. The number of ether oxygens (including phenoxy) is 1. The minimum Gasteiger partial charge on any atom is -0.494 e. The van der Waals surface area contributed by atoms with Gasteiger partial charge < -0.3 is 9.84 Å². The molecule has 0 bridgehead atoms. The van der Waals surface area contributed by atoms with Crippen LogP contribution in [0.5, 0.6) is 5.75 Å². The van der Waals surface area contributed by atoms with E-state index in [-0.39, 0.29) is 5.82 Å². The van der Waals surface area contributed by atoms with E-state index >= 15 is 0 Å². The largest absolute Gasteiger partial charge is 0.494 e. The van der Waals surface area contributed by atoms with Crippen LogP contribution in [0.4, 0.5) is 0 Å². The molecule has 6 nitrogen and oxygen atoms in total. The third-order valence-electron chi connectivity index (χ3n) is 3.39. The van der Waals surface area contributed by atoms with Crippen molar-refractivity contribution in [1.82, 2.24) is 14.8 Å². The molecule has 0 atom stereocenters. The van der Waals surface area contributed by atoms with Crippen molar-refractivity contribution in [1.29, 1.82) is 0 Å². The Balaban J connectivity index is 2.21. The molecule has 0 aliphatic heterocycles. The Kier molecular flexibility index (Phi) is 3.80. The highest BCUT2D eigenvalue weighted by molar-refractivity contribution is 5.85. The fraction of sp³-hybridized carbons (Fsp3) is 0.118. The van der Waals surface area contributed by atoms with Crippen LogP contribution in [0.1, 0.15) is 16.2 Å². The second kappa shape index (κ2) is 5.92. The summed E-state index contributed by atoms with van der Waals surface area (Å²) in [5, 5.41) is 13.8. The lowest BCUT2D eigenvalue weighted by Crippen LogP contribution is -2.10. The van der Waals surface area contributed by atoms with Gasteiger partial charge in [-0.25, -0.2) is 14.5 Å². The maximum Gasteiger partial charge on any atom is 0.374 e. The first kappa shape index (κ1) is 14.8. The molecule has 6 heteroatoms. The summed E-state index contributed by atoms with van der Waals surface area (Å²) in [6.07, 6.45) is 0. The second-order valence-corrected chi connectivity index (χ2v) is 5.02. The Morgan fingerprint density at radius 2 is 1.91 bits per heavy atom. The Morgan fingerprint density at radius 1 is 1.17 bits per heavy atom. The monoisotopic (exact) mass is 309 g/mol. The number of methoxy groups -OCH3 is 1. The molecule has 0 amide bonds. The molecule has 0 aliphatic rings. The summed E-state index contributed by atoms with van der Waals surface area (Å²) in [5.74, 6) is -0.426. The van der Waals surface area contributed by atoms with Crippen LogP contribution in [0.3, 0.4) is 0 Å². The van der Waals surface area contributed by atoms with Crippen molar-refractivity contribution in [2.45, 2.75) is 6.92 Å². The molecule has 0 radical (unpaired) electrons. The molecule has 0 unspecified atom stereocenters. The van der Waals surface area contributed by atoms with Gasteiger partial charge in [0.25, 0.3) is 0 Å². The summed E-state index contributed by atoms with van der Waals surface area (Å²) in [6, 6.07) is 14.7. The van der Waals surface area contributed by atoms with Gasteiger partial charge in [0, 0.05) is 5.56 Å². The summed E-state index contributed by atoms with van der Waals surface area (Å²) in [4.78, 5) is 15.7. The van der Waals surface area contributed by atoms with E-state index in [0.717, 1.165) is 11.1 Å². The molecule has 0 saturated carbocycles. The molecule has 1 N–H and O–H groups in total. The zero-order valence-corrected chi connectivity index (χ0v) is 12.7. The van der Waals surface area contributed by atoms with Crippen LogP contribution in [-0.4, -0.2) is 33.0 Å². The third-order valence-corrected chi connectivity index (χ3v) is 3.39. The van der Waals surface area contributed by atoms with Gasteiger partial charge in [0.15, 0.2) is 5.82 Å². The number of aromatic carboxylic acids is 1. The minimum absolute atomic E-state index is 0.159. The Labute approximate surface area is 133 Å². The van der Waals surface area contributed by atoms with E-state index in [9.17, 15) is 9.90 Å². The van der Waals surface area contributed by atoms with Crippen molar-refractivity contribution in [3.8, 4) is 22.8 Å². The molecule has 0 aliphatic carbocycles. The van der Waals surface area contributed by atoms with Gasteiger partial charge in [-0.3, -0.25) is 0 Å². The topological polar surface area (TPSA) is 77.2 Å². The molecule has 23 heavy (non-hydrogen) atoms. The van der Waals surface area contributed by atoms with Crippen LogP contribution >= 0.6 is 0 Å². The quantitative estimate of drug-likeness (QED) is 0.801. The highest BCUT2D eigenvalue weighted by atomic mass is 16.5. The maximum absolute atomic E-state index is 11.6. The number of hydrogen-bond donors (Lipinski definition) is 1. The number of hydrogen-bond acceptors (Lipinski definition) is 4. The van der Waals surface area contributed by atoms with Crippen LogP contribution in [-0.2, 0) is 0 Å². The predicted octanol–water partition coefficient (Wildman–Crippen LogP) is 2.95. The average Bonchev–Trinajstić information content (AvgIpc) is 3.01. The fourth-order valence-corrected chi connectivity index (χ4v) is 2.29. The van der Waals surface area contributed by atoms with Crippen molar-refractivity contribution in [3.05, 3.63) is 59.9 Å². The number of nitrogens with zero attached hydrogens (tertiary/aromatic N) is 3. The molecule has 3 aromatic rings. The molecule has 0 fully saturated rings. The fourth-order valence-electron chi connectivity index (χ4n) is 2.29. The average molecular weight is 309 g/mol. The van der Waals surface area contributed by atoms with Gasteiger partial charge in [-0.05, 0) is 24.6 Å². The molecule has 2 aromatic carbocycles. The highest BCUT2D eigenvalue weighted by Crippen LogP contribution is 2.26. The van der Waals surface area contributed by atoms with Crippen LogP contribution in [0, 0.1) is 6.92 Å². The van der Waals surface area contributed by atoms with E-state index in [2.05, 4.69) is 10.1 Å². The first-order valence-corrected chi connectivity index (χ1v) is 7.01. The number of benzene rings is 2. The summed E-state index contributed by atoms with van der Waals surface area (Å²) in [5.41, 5.74) is 2.26. The maximum atomic E-state index is 11.6. The second-order valence-electron chi connectivity index (χ2n) is 5.02. The van der Waals surface area contributed by atoms with Gasteiger partial charge in [-0.15, -0.1) is 5.10 Å². The number of aryl methyl sites for hydroxylation is 1. The molecular weight excluding hydrogens is 294 g/mol. The number of aromatic nitrogens is 3. The Bertz CT molecular complexity index is 857. The normalized spacial score (nSPS) is 10.5. The van der Waals surface area contributed by atoms with Gasteiger partial charge in [-0.1, -0.05) is 36.4 Å². The summed E-state index contributed by atoms with van der Waals surface area (Å²) >= 11 is 0. The number of rotatable bonds is 4. The molecule has 1 aromatic heterocycles. The van der Waals surface area contributed by atoms with Crippen molar-refractivity contribution < 1.29 is 14.6 Å². The van der Waals surface area contributed by atoms with E-state index in [4.69, 9.17) is 4.74 Å². The SMILES string of the molecule is COc1ccc(C)cc1-n1nc(-c2ccccc2)nc1C(=O)O. The molecule has 116 valence electrons. The van der Waals surface area contributed by atoms with Crippen molar-refractivity contribution in [2.75, 3.05) is 7.11 Å². The molecule has 3 rings (SSSR count).